The molecule has 3 N–H and O–H groups in total. The first-order chi connectivity index (χ1) is 10.1. The molecule has 1 heterocycles. The van der Waals surface area contributed by atoms with Crippen molar-refractivity contribution < 1.29 is 4.79 Å². The van der Waals surface area contributed by atoms with Gasteiger partial charge in [-0.15, -0.1) is 12.4 Å². The van der Waals surface area contributed by atoms with Crippen LogP contribution in [0.1, 0.15) is 29.8 Å². The summed E-state index contributed by atoms with van der Waals surface area (Å²) in [6.07, 6.45) is 2.42. The predicted octanol–water partition coefficient (Wildman–Crippen LogP) is 2.56. The van der Waals surface area contributed by atoms with Crippen LogP contribution in [0.2, 0.25) is 0 Å². The van der Waals surface area contributed by atoms with Crippen LogP contribution >= 0.6 is 12.4 Å². The zero-order valence-electron chi connectivity index (χ0n) is 12.8. The highest BCUT2D eigenvalue weighted by atomic mass is 35.5. The zero-order valence-corrected chi connectivity index (χ0v) is 13.6. The molecule has 1 amide bonds. The third-order valence-corrected chi connectivity index (χ3v) is 3.34. The molecule has 1 aromatic carbocycles. The third kappa shape index (κ3) is 5.13. The molecule has 0 spiro atoms. The number of nitrogens with one attached hydrogen (secondary N) is 1. The predicted molar refractivity (Wildman–Crippen MR) is 90.9 cm³/mol. The maximum atomic E-state index is 11.9. The summed E-state index contributed by atoms with van der Waals surface area (Å²) in [6.45, 7) is 3.73. The summed E-state index contributed by atoms with van der Waals surface area (Å²) in [5.74, 6) is -0.169. The van der Waals surface area contributed by atoms with E-state index in [0.717, 1.165) is 11.3 Å². The van der Waals surface area contributed by atoms with Crippen molar-refractivity contribution in [3.05, 3.63) is 65.5 Å². The number of pyridine rings is 1. The molecule has 0 aliphatic heterocycles. The Morgan fingerprint density at radius 2 is 1.91 bits per heavy atom. The Labute approximate surface area is 137 Å². The number of nitrogens with two attached hydrogens (primary N) is 1. The number of nitrogens with zero attached hydrogens (tertiary/aromatic N) is 1. The van der Waals surface area contributed by atoms with E-state index < -0.39 is 6.04 Å². The quantitative estimate of drug-likeness (QED) is 0.890. The van der Waals surface area contributed by atoms with Crippen LogP contribution in [0.25, 0.3) is 0 Å². The second-order valence-corrected chi connectivity index (χ2v) is 5.29. The van der Waals surface area contributed by atoms with E-state index >= 15 is 0 Å². The Morgan fingerprint density at radius 3 is 2.45 bits per heavy atom. The molecule has 5 heteroatoms. The lowest BCUT2D eigenvalue weighted by Gasteiger charge is -2.20. The van der Waals surface area contributed by atoms with E-state index in [1.54, 1.807) is 13.1 Å². The van der Waals surface area contributed by atoms with Crippen molar-refractivity contribution in [2.75, 3.05) is 0 Å². The molecule has 0 saturated heterocycles. The number of hydrogen-bond acceptors (Lipinski definition) is 3. The fourth-order valence-corrected chi connectivity index (χ4v) is 2.07. The lowest BCUT2D eigenvalue weighted by atomic mass is 10.0. The van der Waals surface area contributed by atoms with Gasteiger partial charge in [-0.05, 0) is 38.0 Å². The van der Waals surface area contributed by atoms with Crippen LogP contribution in [0.15, 0.2) is 48.7 Å². The van der Waals surface area contributed by atoms with E-state index in [1.807, 2.05) is 18.2 Å². The van der Waals surface area contributed by atoms with Crippen molar-refractivity contribution in [1.29, 1.82) is 0 Å². The second kappa shape index (κ2) is 8.51. The van der Waals surface area contributed by atoms with Gasteiger partial charge < -0.3 is 11.1 Å². The Hall–Kier alpha value is -1.91. The Balaban J connectivity index is 0.00000242. The first kappa shape index (κ1) is 18.1. The molecule has 118 valence electrons. The molecule has 22 heavy (non-hydrogen) atoms. The third-order valence-electron chi connectivity index (χ3n) is 3.34. The molecular weight excluding hydrogens is 298 g/mol. The van der Waals surface area contributed by atoms with Crippen LogP contribution in [0.3, 0.4) is 0 Å². The van der Waals surface area contributed by atoms with Crippen molar-refractivity contribution >= 4 is 18.3 Å². The van der Waals surface area contributed by atoms with Gasteiger partial charge in [0.05, 0.1) is 17.8 Å². The van der Waals surface area contributed by atoms with Gasteiger partial charge in [0.25, 0.3) is 0 Å². The highest BCUT2D eigenvalue weighted by molar-refractivity contribution is 5.85. The summed E-state index contributed by atoms with van der Waals surface area (Å²) in [5.41, 5.74) is 8.85. The minimum Gasteiger partial charge on any atom is -0.346 e. The van der Waals surface area contributed by atoms with Gasteiger partial charge in [0.2, 0.25) is 5.91 Å². The average molecular weight is 320 g/mol. The van der Waals surface area contributed by atoms with Crippen LogP contribution in [-0.2, 0) is 11.2 Å². The van der Waals surface area contributed by atoms with E-state index in [2.05, 4.69) is 41.5 Å². The second-order valence-electron chi connectivity index (χ2n) is 5.29. The molecule has 0 aliphatic carbocycles. The van der Waals surface area contributed by atoms with E-state index in [-0.39, 0.29) is 24.4 Å². The summed E-state index contributed by atoms with van der Waals surface area (Å²) in [7, 11) is 0. The molecule has 2 atom stereocenters. The zero-order chi connectivity index (χ0) is 15.2. The Kier molecular flexibility index (Phi) is 7.02. The van der Waals surface area contributed by atoms with Gasteiger partial charge in [-0.25, -0.2) is 0 Å². The number of benzene rings is 1. The fraction of sp³-hybridized carbons (Fsp3) is 0.294. The number of halogens is 1. The van der Waals surface area contributed by atoms with Crippen LogP contribution in [0.5, 0.6) is 0 Å². The van der Waals surface area contributed by atoms with Gasteiger partial charge in [0.15, 0.2) is 0 Å². The first-order valence-electron chi connectivity index (χ1n) is 7.08. The van der Waals surface area contributed by atoms with Crippen LogP contribution in [0, 0.1) is 6.92 Å². The maximum Gasteiger partial charge on any atom is 0.237 e. The number of amides is 1. The molecule has 0 fully saturated rings. The highest BCUT2D eigenvalue weighted by Gasteiger charge is 2.18. The number of carbonyl (C=O) groups is 1. The molecular formula is C17H22ClN3O. The van der Waals surface area contributed by atoms with E-state index in [0.29, 0.717) is 6.42 Å². The highest BCUT2D eigenvalue weighted by Crippen LogP contribution is 2.17. The lowest BCUT2D eigenvalue weighted by molar-refractivity contribution is -0.122. The van der Waals surface area contributed by atoms with Crippen molar-refractivity contribution in [2.45, 2.75) is 32.4 Å². The molecule has 4 nitrogen and oxygen atoms in total. The van der Waals surface area contributed by atoms with Gasteiger partial charge in [0, 0.05) is 6.20 Å². The minimum atomic E-state index is -0.533. The molecule has 0 bridgehead atoms. The topological polar surface area (TPSA) is 68.0 Å². The summed E-state index contributed by atoms with van der Waals surface area (Å²) in [4.78, 5) is 16.3. The molecule has 0 aliphatic rings. The number of carbonyl (C=O) groups excluding carboxylic acids is 1. The van der Waals surface area contributed by atoms with Crippen molar-refractivity contribution in [2.24, 2.45) is 5.73 Å². The maximum absolute atomic E-state index is 11.9. The van der Waals surface area contributed by atoms with E-state index in [9.17, 15) is 4.79 Å². The first-order valence-corrected chi connectivity index (χ1v) is 7.08. The van der Waals surface area contributed by atoms with Gasteiger partial charge in [-0.2, -0.15) is 0 Å². The van der Waals surface area contributed by atoms with E-state index in [1.165, 1.54) is 5.56 Å². The monoisotopic (exact) mass is 319 g/mol. The summed E-state index contributed by atoms with van der Waals surface area (Å²) >= 11 is 0. The number of aryl methyl sites for hydroxylation is 1. The normalized spacial score (nSPS) is 12.9. The molecule has 2 unspecified atom stereocenters. The van der Waals surface area contributed by atoms with Crippen molar-refractivity contribution in [1.82, 2.24) is 10.3 Å². The van der Waals surface area contributed by atoms with Crippen LogP contribution < -0.4 is 11.1 Å². The lowest BCUT2D eigenvalue weighted by Crippen LogP contribution is -2.41. The van der Waals surface area contributed by atoms with Crippen LogP contribution in [0.4, 0.5) is 0 Å². The number of aromatic nitrogens is 1. The van der Waals surface area contributed by atoms with Gasteiger partial charge in [-0.3, -0.25) is 9.78 Å². The molecule has 0 saturated carbocycles. The summed E-state index contributed by atoms with van der Waals surface area (Å²) < 4.78 is 0. The minimum absolute atomic E-state index is 0. The van der Waals surface area contributed by atoms with Crippen LogP contribution in [-0.4, -0.2) is 16.9 Å². The molecule has 2 aromatic rings. The Morgan fingerprint density at radius 1 is 1.23 bits per heavy atom. The largest absolute Gasteiger partial charge is 0.346 e. The average Bonchev–Trinajstić information content (AvgIpc) is 2.49. The summed E-state index contributed by atoms with van der Waals surface area (Å²) in [5, 5.41) is 2.97. The van der Waals surface area contributed by atoms with Gasteiger partial charge in [0.1, 0.15) is 0 Å². The van der Waals surface area contributed by atoms with Crippen molar-refractivity contribution in [3.63, 3.8) is 0 Å². The van der Waals surface area contributed by atoms with Gasteiger partial charge in [-0.1, -0.05) is 35.9 Å². The Bertz CT molecular complexity index is 585. The number of rotatable bonds is 5. The molecule has 0 radical (unpaired) electrons. The SMILES string of the molecule is Cc1ccc(CC(NC(=O)C(C)N)c2ccccn2)cc1.Cl. The molecule has 2 rings (SSSR count). The van der Waals surface area contributed by atoms with E-state index in [4.69, 9.17) is 5.73 Å². The standard InChI is InChI=1S/C17H21N3O.ClH/c1-12-6-8-14(9-7-12)11-16(20-17(21)13(2)18)15-5-3-4-10-19-15;/h3-10,13,16H,11,18H2,1-2H3,(H,20,21);1H. The smallest absolute Gasteiger partial charge is 0.237 e. The number of hydrogen-bond donors (Lipinski definition) is 2. The molecule has 1 aromatic heterocycles. The summed E-state index contributed by atoms with van der Waals surface area (Å²) in [6, 6.07) is 13.3. The van der Waals surface area contributed by atoms with Gasteiger partial charge >= 0.3 is 0 Å². The fourth-order valence-electron chi connectivity index (χ4n) is 2.07. The van der Waals surface area contributed by atoms with Crippen molar-refractivity contribution in [3.8, 4) is 0 Å².